The van der Waals surface area contributed by atoms with E-state index in [0.29, 0.717) is 43.5 Å². The summed E-state index contributed by atoms with van der Waals surface area (Å²) in [5.74, 6) is -0.855. The molecule has 2 aromatic rings. The lowest BCUT2D eigenvalue weighted by Crippen LogP contribution is -2.43. The van der Waals surface area contributed by atoms with Crippen LogP contribution in [0.25, 0.3) is 10.9 Å². The SMILES string of the molecule is O=C(NCC1(CO)CCOCC1)c1cc(F)cc2cccnc12. The molecular weight excluding hydrogens is 299 g/mol. The van der Waals surface area contributed by atoms with Gasteiger partial charge in [-0.3, -0.25) is 9.78 Å². The normalized spacial score (nSPS) is 17.1. The molecule has 0 atom stereocenters. The number of nitrogens with one attached hydrogen (secondary N) is 1. The zero-order valence-corrected chi connectivity index (χ0v) is 12.7. The van der Waals surface area contributed by atoms with E-state index in [1.807, 2.05) is 0 Å². The van der Waals surface area contributed by atoms with E-state index in [4.69, 9.17) is 4.74 Å². The highest BCUT2D eigenvalue weighted by Crippen LogP contribution is 2.29. The summed E-state index contributed by atoms with van der Waals surface area (Å²) < 4.78 is 19.0. The van der Waals surface area contributed by atoms with Gasteiger partial charge in [0.05, 0.1) is 17.7 Å². The smallest absolute Gasteiger partial charge is 0.253 e. The van der Waals surface area contributed by atoms with E-state index in [2.05, 4.69) is 10.3 Å². The van der Waals surface area contributed by atoms with Crippen LogP contribution in [0.15, 0.2) is 30.5 Å². The van der Waals surface area contributed by atoms with Crippen molar-refractivity contribution in [2.24, 2.45) is 5.41 Å². The average Bonchev–Trinajstić information content (AvgIpc) is 2.59. The van der Waals surface area contributed by atoms with Crippen molar-refractivity contribution < 1.29 is 19.0 Å². The van der Waals surface area contributed by atoms with Gasteiger partial charge in [0.25, 0.3) is 5.91 Å². The minimum Gasteiger partial charge on any atom is -0.396 e. The first-order valence-electron chi connectivity index (χ1n) is 7.65. The molecule has 6 heteroatoms. The molecule has 5 nitrogen and oxygen atoms in total. The van der Waals surface area contributed by atoms with E-state index in [9.17, 15) is 14.3 Å². The molecule has 0 aliphatic carbocycles. The fraction of sp³-hybridized carbons (Fsp3) is 0.412. The summed E-state index contributed by atoms with van der Waals surface area (Å²) in [5.41, 5.74) is 0.307. The molecular formula is C17H19FN2O3. The fourth-order valence-corrected chi connectivity index (χ4v) is 2.89. The maximum atomic E-state index is 13.7. The van der Waals surface area contributed by atoms with Crippen molar-refractivity contribution >= 4 is 16.8 Å². The van der Waals surface area contributed by atoms with Gasteiger partial charge in [0.1, 0.15) is 5.82 Å². The maximum absolute atomic E-state index is 13.7. The standard InChI is InChI=1S/C17H19FN2O3/c18-13-8-12-2-1-5-19-15(12)14(9-13)16(22)20-10-17(11-21)3-6-23-7-4-17/h1-2,5,8-9,21H,3-4,6-7,10-11H2,(H,20,22). The number of nitrogens with zero attached hydrogens (tertiary/aromatic N) is 1. The number of halogens is 1. The van der Waals surface area contributed by atoms with Gasteiger partial charge in [-0.25, -0.2) is 4.39 Å². The van der Waals surface area contributed by atoms with Crippen LogP contribution in [0.1, 0.15) is 23.2 Å². The van der Waals surface area contributed by atoms with Gasteiger partial charge in [0.15, 0.2) is 0 Å². The zero-order chi connectivity index (χ0) is 16.3. The molecule has 1 fully saturated rings. The van der Waals surface area contributed by atoms with Crippen LogP contribution in [-0.4, -0.2) is 42.4 Å². The second-order valence-electron chi connectivity index (χ2n) is 5.98. The van der Waals surface area contributed by atoms with E-state index >= 15 is 0 Å². The number of amides is 1. The number of carbonyl (C=O) groups is 1. The van der Waals surface area contributed by atoms with Gasteiger partial charge in [0, 0.05) is 36.8 Å². The highest BCUT2D eigenvalue weighted by Gasteiger charge is 2.32. The molecule has 3 rings (SSSR count). The van der Waals surface area contributed by atoms with Gasteiger partial charge in [-0.05, 0) is 31.0 Å². The van der Waals surface area contributed by atoms with Gasteiger partial charge < -0.3 is 15.2 Å². The van der Waals surface area contributed by atoms with Crippen LogP contribution in [0.2, 0.25) is 0 Å². The summed E-state index contributed by atoms with van der Waals surface area (Å²) in [6.07, 6.45) is 2.95. The highest BCUT2D eigenvalue weighted by atomic mass is 19.1. The van der Waals surface area contributed by atoms with Crippen LogP contribution < -0.4 is 5.32 Å². The van der Waals surface area contributed by atoms with Crippen molar-refractivity contribution in [2.75, 3.05) is 26.4 Å². The van der Waals surface area contributed by atoms with E-state index in [1.165, 1.54) is 12.1 Å². The molecule has 1 aromatic carbocycles. The second-order valence-corrected chi connectivity index (χ2v) is 5.98. The Labute approximate surface area is 133 Å². The first kappa shape index (κ1) is 15.8. The number of aromatic nitrogens is 1. The minimum absolute atomic E-state index is 0.0151. The third-order valence-electron chi connectivity index (χ3n) is 4.43. The summed E-state index contributed by atoms with van der Waals surface area (Å²) in [6.45, 7) is 1.46. The molecule has 122 valence electrons. The van der Waals surface area contributed by atoms with Crippen molar-refractivity contribution in [1.82, 2.24) is 10.3 Å². The maximum Gasteiger partial charge on any atom is 0.253 e. The Kier molecular flexibility index (Phi) is 4.54. The number of carbonyl (C=O) groups excluding carboxylic acids is 1. The molecule has 2 N–H and O–H groups in total. The Balaban J connectivity index is 1.81. The van der Waals surface area contributed by atoms with Crippen molar-refractivity contribution in [1.29, 1.82) is 0 Å². The van der Waals surface area contributed by atoms with E-state index < -0.39 is 5.82 Å². The lowest BCUT2D eigenvalue weighted by atomic mass is 9.81. The molecule has 1 aromatic heterocycles. The van der Waals surface area contributed by atoms with E-state index in [-0.39, 0.29) is 23.5 Å². The van der Waals surface area contributed by atoms with Gasteiger partial charge in [-0.1, -0.05) is 6.07 Å². The van der Waals surface area contributed by atoms with Crippen LogP contribution in [0, 0.1) is 11.2 Å². The predicted molar refractivity (Wildman–Crippen MR) is 83.6 cm³/mol. The quantitative estimate of drug-likeness (QED) is 0.903. The van der Waals surface area contributed by atoms with Crippen LogP contribution >= 0.6 is 0 Å². The Bertz CT molecular complexity index is 714. The summed E-state index contributed by atoms with van der Waals surface area (Å²) in [6, 6.07) is 5.97. The highest BCUT2D eigenvalue weighted by molar-refractivity contribution is 6.05. The molecule has 0 saturated carbocycles. The number of hydrogen-bond donors (Lipinski definition) is 2. The molecule has 1 aliphatic rings. The molecule has 1 aliphatic heterocycles. The predicted octanol–water partition coefficient (Wildman–Crippen LogP) is 1.89. The Morgan fingerprint density at radius 2 is 2.17 bits per heavy atom. The Morgan fingerprint density at radius 1 is 1.39 bits per heavy atom. The number of aliphatic hydroxyl groups is 1. The third kappa shape index (κ3) is 3.33. The molecule has 1 amide bonds. The average molecular weight is 318 g/mol. The van der Waals surface area contributed by atoms with E-state index in [0.717, 1.165) is 0 Å². The number of pyridine rings is 1. The molecule has 23 heavy (non-hydrogen) atoms. The zero-order valence-electron chi connectivity index (χ0n) is 12.7. The van der Waals surface area contributed by atoms with Gasteiger partial charge in [-0.15, -0.1) is 0 Å². The minimum atomic E-state index is -0.474. The first-order chi connectivity index (χ1) is 11.1. The fourth-order valence-electron chi connectivity index (χ4n) is 2.89. The summed E-state index contributed by atoms with van der Waals surface area (Å²) in [4.78, 5) is 16.7. The number of fused-ring (bicyclic) bond motifs is 1. The molecule has 0 bridgehead atoms. The van der Waals surface area contributed by atoms with Gasteiger partial charge >= 0.3 is 0 Å². The monoisotopic (exact) mass is 318 g/mol. The van der Waals surface area contributed by atoms with Crippen molar-refractivity contribution in [3.05, 3.63) is 41.8 Å². The molecule has 0 spiro atoms. The number of aliphatic hydroxyl groups excluding tert-OH is 1. The lowest BCUT2D eigenvalue weighted by Gasteiger charge is -2.35. The summed E-state index contributed by atoms with van der Waals surface area (Å²) in [5, 5.41) is 13.1. The van der Waals surface area contributed by atoms with Crippen molar-refractivity contribution in [2.45, 2.75) is 12.8 Å². The van der Waals surface area contributed by atoms with Crippen molar-refractivity contribution in [3.63, 3.8) is 0 Å². The first-order valence-corrected chi connectivity index (χ1v) is 7.65. The van der Waals surface area contributed by atoms with Gasteiger partial charge in [0.2, 0.25) is 0 Å². The Morgan fingerprint density at radius 3 is 2.91 bits per heavy atom. The van der Waals surface area contributed by atoms with E-state index in [1.54, 1.807) is 18.3 Å². The largest absolute Gasteiger partial charge is 0.396 e. The molecule has 0 radical (unpaired) electrons. The summed E-state index contributed by atoms with van der Waals surface area (Å²) >= 11 is 0. The number of rotatable bonds is 4. The Hall–Kier alpha value is -2.05. The molecule has 1 saturated heterocycles. The van der Waals surface area contributed by atoms with Crippen LogP contribution in [0.4, 0.5) is 4.39 Å². The van der Waals surface area contributed by atoms with Gasteiger partial charge in [-0.2, -0.15) is 0 Å². The van der Waals surface area contributed by atoms with Crippen LogP contribution in [-0.2, 0) is 4.74 Å². The second kappa shape index (κ2) is 6.60. The van der Waals surface area contributed by atoms with Crippen LogP contribution in [0.3, 0.4) is 0 Å². The van der Waals surface area contributed by atoms with Crippen molar-refractivity contribution in [3.8, 4) is 0 Å². The van der Waals surface area contributed by atoms with Crippen LogP contribution in [0.5, 0.6) is 0 Å². The molecule has 0 unspecified atom stereocenters. The summed E-state index contributed by atoms with van der Waals surface area (Å²) in [7, 11) is 0. The topological polar surface area (TPSA) is 71.5 Å². The number of ether oxygens (including phenoxy) is 1. The lowest BCUT2D eigenvalue weighted by molar-refractivity contribution is -0.0146. The number of hydrogen-bond acceptors (Lipinski definition) is 4. The molecule has 2 heterocycles. The number of benzene rings is 1. The third-order valence-corrected chi connectivity index (χ3v) is 4.43.